The lowest BCUT2D eigenvalue weighted by atomic mass is 10.1. The zero-order chi connectivity index (χ0) is 14.8. The van der Waals surface area contributed by atoms with E-state index in [4.69, 9.17) is 0 Å². The van der Waals surface area contributed by atoms with E-state index in [-0.39, 0.29) is 17.0 Å². The number of aryl methyl sites for hydroxylation is 1. The van der Waals surface area contributed by atoms with Crippen LogP contribution in [0.4, 0.5) is 0 Å². The standard InChI is InChI=1S/C16H13N3O2/c1-10-4-6-11(7-5-10)14(20)9-13-16(21)19-12-3-2-8-17-15(12)18-13/h2-9,20H,1H3,(H,19,21)/b14-9-. The Morgan fingerprint density at radius 2 is 2.00 bits per heavy atom. The van der Waals surface area contributed by atoms with E-state index in [0.29, 0.717) is 16.7 Å². The van der Waals surface area contributed by atoms with Gasteiger partial charge in [-0.05, 0) is 19.1 Å². The molecule has 2 heterocycles. The van der Waals surface area contributed by atoms with Crippen LogP contribution in [0.3, 0.4) is 0 Å². The molecule has 0 saturated carbocycles. The van der Waals surface area contributed by atoms with Gasteiger partial charge in [0.05, 0.1) is 5.52 Å². The van der Waals surface area contributed by atoms with Crippen molar-refractivity contribution in [1.29, 1.82) is 0 Å². The Morgan fingerprint density at radius 3 is 2.76 bits per heavy atom. The van der Waals surface area contributed by atoms with Crippen molar-refractivity contribution >= 4 is 23.0 Å². The minimum Gasteiger partial charge on any atom is -0.507 e. The molecular weight excluding hydrogens is 266 g/mol. The van der Waals surface area contributed by atoms with Crippen LogP contribution in [0.1, 0.15) is 16.8 Å². The van der Waals surface area contributed by atoms with Gasteiger partial charge in [0.2, 0.25) is 0 Å². The Hall–Kier alpha value is -2.95. The van der Waals surface area contributed by atoms with E-state index in [2.05, 4.69) is 15.0 Å². The molecule has 0 saturated heterocycles. The largest absolute Gasteiger partial charge is 0.507 e. The van der Waals surface area contributed by atoms with Gasteiger partial charge in [-0.25, -0.2) is 9.97 Å². The van der Waals surface area contributed by atoms with E-state index < -0.39 is 0 Å². The fraction of sp³-hybridized carbons (Fsp3) is 0.0625. The Kier molecular flexibility index (Phi) is 3.23. The van der Waals surface area contributed by atoms with Crippen LogP contribution in [0, 0.1) is 6.92 Å². The molecule has 5 nitrogen and oxygen atoms in total. The number of rotatable bonds is 2. The van der Waals surface area contributed by atoms with Crippen LogP contribution in [0.2, 0.25) is 0 Å². The van der Waals surface area contributed by atoms with Gasteiger partial charge in [-0.1, -0.05) is 29.8 Å². The molecule has 0 atom stereocenters. The summed E-state index contributed by atoms with van der Waals surface area (Å²) in [5, 5.41) is 10.1. The zero-order valence-electron chi connectivity index (χ0n) is 11.4. The molecule has 3 rings (SSSR count). The van der Waals surface area contributed by atoms with Crippen molar-refractivity contribution in [2.45, 2.75) is 6.92 Å². The highest BCUT2D eigenvalue weighted by Crippen LogP contribution is 2.14. The third-order valence-corrected chi connectivity index (χ3v) is 3.11. The number of nitrogens with zero attached hydrogens (tertiary/aromatic N) is 2. The number of hydrogen-bond donors (Lipinski definition) is 2. The molecule has 104 valence electrons. The molecule has 2 N–H and O–H groups in total. The summed E-state index contributed by atoms with van der Waals surface area (Å²) >= 11 is 0. The molecule has 0 unspecified atom stereocenters. The third-order valence-electron chi connectivity index (χ3n) is 3.11. The first kappa shape index (κ1) is 13.1. The molecule has 0 aliphatic carbocycles. The predicted octanol–water partition coefficient (Wildman–Crippen LogP) is 2.68. The van der Waals surface area contributed by atoms with E-state index >= 15 is 0 Å². The second-order valence-electron chi connectivity index (χ2n) is 4.72. The van der Waals surface area contributed by atoms with E-state index in [9.17, 15) is 9.90 Å². The van der Waals surface area contributed by atoms with Gasteiger partial charge >= 0.3 is 0 Å². The molecule has 21 heavy (non-hydrogen) atoms. The topological polar surface area (TPSA) is 78.9 Å². The maximum atomic E-state index is 12.0. The number of nitrogens with one attached hydrogen (secondary N) is 1. The minimum absolute atomic E-state index is 0.0109. The molecule has 0 bridgehead atoms. The Bertz CT molecular complexity index is 880. The smallest absolute Gasteiger partial charge is 0.274 e. The molecule has 0 aliphatic heterocycles. The lowest BCUT2D eigenvalue weighted by Crippen LogP contribution is -2.12. The Balaban J connectivity index is 2.07. The van der Waals surface area contributed by atoms with Gasteiger partial charge in [0.1, 0.15) is 11.5 Å². The maximum absolute atomic E-state index is 12.0. The number of pyridine rings is 1. The molecule has 0 radical (unpaired) electrons. The van der Waals surface area contributed by atoms with Crippen molar-refractivity contribution in [3.63, 3.8) is 0 Å². The average molecular weight is 279 g/mol. The van der Waals surface area contributed by atoms with Gasteiger partial charge in [0, 0.05) is 17.8 Å². The van der Waals surface area contributed by atoms with Crippen molar-refractivity contribution in [2.24, 2.45) is 0 Å². The van der Waals surface area contributed by atoms with Crippen LogP contribution < -0.4 is 5.56 Å². The molecule has 2 aromatic heterocycles. The summed E-state index contributed by atoms with van der Waals surface area (Å²) in [5.74, 6) is -0.0109. The van der Waals surface area contributed by atoms with Crippen molar-refractivity contribution in [3.05, 3.63) is 69.8 Å². The monoisotopic (exact) mass is 279 g/mol. The first-order valence-corrected chi connectivity index (χ1v) is 6.46. The number of aromatic nitrogens is 3. The Morgan fingerprint density at radius 1 is 1.24 bits per heavy atom. The van der Waals surface area contributed by atoms with Gasteiger partial charge in [0.25, 0.3) is 5.56 Å². The van der Waals surface area contributed by atoms with E-state index in [1.807, 2.05) is 19.1 Å². The summed E-state index contributed by atoms with van der Waals surface area (Å²) in [5.41, 5.74) is 2.48. The minimum atomic E-state index is -0.367. The third kappa shape index (κ3) is 2.67. The molecule has 3 aromatic rings. The number of aliphatic hydroxyl groups excluding tert-OH is 1. The van der Waals surface area contributed by atoms with Crippen molar-refractivity contribution in [1.82, 2.24) is 15.0 Å². The summed E-state index contributed by atoms with van der Waals surface area (Å²) < 4.78 is 0. The summed E-state index contributed by atoms with van der Waals surface area (Å²) in [6, 6.07) is 10.8. The van der Waals surface area contributed by atoms with Crippen molar-refractivity contribution < 1.29 is 5.11 Å². The number of H-pyrrole nitrogens is 1. The Labute approximate surface area is 120 Å². The maximum Gasteiger partial charge on any atom is 0.274 e. The molecule has 5 heteroatoms. The number of hydrogen-bond acceptors (Lipinski definition) is 4. The fourth-order valence-corrected chi connectivity index (χ4v) is 1.97. The highest BCUT2D eigenvalue weighted by atomic mass is 16.3. The number of aliphatic hydroxyl groups is 1. The van der Waals surface area contributed by atoms with E-state index in [1.54, 1.807) is 30.5 Å². The van der Waals surface area contributed by atoms with Crippen LogP contribution in [0.15, 0.2) is 47.4 Å². The van der Waals surface area contributed by atoms with Crippen molar-refractivity contribution in [2.75, 3.05) is 0 Å². The lowest BCUT2D eigenvalue weighted by molar-refractivity contribution is 0.515. The van der Waals surface area contributed by atoms with Crippen LogP contribution in [0.5, 0.6) is 0 Å². The molecule has 0 amide bonds. The quantitative estimate of drug-likeness (QED) is 0.707. The van der Waals surface area contributed by atoms with Gasteiger partial charge in [-0.3, -0.25) is 4.79 Å². The first-order chi connectivity index (χ1) is 10.1. The fourth-order valence-electron chi connectivity index (χ4n) is 1.97. The highest BCUT2D eigenvalue weighted by molar-refractivity contribution is 5.77. The summed E-state index contributed by atoms with van der Waals surface area (Å²) in [6.07, 6.45) is 2.94. The van der Waals surface area contributed by atoms with Gasteiger partial charge in [0.15, 0.2) is 5.65 Å². The van der Waals surface area contributed by atoms with Crippen LogP contribution in [-0.4, -0.2) is 20.1 Å². The van der Waals surface area contributed by atoms with E-state index in [1.165, 1.54) is 6.08 Å². The summed E-state index contributed by atoms with van der Waals surface area (Å²) in [4.78, 5) is 22.9. The average Bonchev–Trinajstić information content (AvgIpc) is 2.48. The number of benzene rings is 1. The SMILES string of the molecule is Cc1ccc(/C(O)=C/c2nc3ncccc3[nH]c2=O)cc1. The highest BCUT2D eigenvalue weighted by Gasteiger charge is 2.06. The lowest BCUT2D eigenvalue weighted by Gasteiger charge is -2.02. The van der Waals surface area contributed by atoms with Crippen LogP contribution in [0.25, 0.3) is 23.0 Å². The molecule has 1 aromatic carbocycles. The molecular formula is C16H13N3O2. The zero-order valence-corrected chi connectivity index (χ0v) is 11.4. The van der Waals surface area contributed by atoms with Gasteiger partial charge in [-0.2, -0.15) is 0 Å². The van der Waals surface area contributed by atoms with Crippen molar-refractivity contribution in [3.8, 4) is 0 Å². The number of fused-ring (bicyclic) bond motifs is 1. The first-order valence-electron chi connectivity index (χ1n) is 6.46. The second-order valence-corrected chi connectivity index (χ2v) is 4.72. The van der Waals surface area contributed by atoms with Gasteiger partial charge < -0.3 is 10.1 Å². The van der Waals surface area contributed by atoms with Crippen LogP contribution in [-0.2, 0) is 0 Å². The van der Waals surface area contributed by atoms with Crippen LogP contribution >= 0.6 is 0 Å². The summed E-state index contributed by atoms with van der Waals surface area (Å²) in [6.45, 7) is 1.96. The normalized spacial score (nSPS) is 11.8. The number of aromatic amines is 1. The second kappa shape index (κ2) is 5.20. The van der Waals surface area contributed by atoms with Gasteiger partial charge in [-0.15, -0.1) is 0 Å². The molecule has 0 aliphatic rings. The van der Waals surface area contributed by atoms with E-state index in [0.717, 1.165) is 5.56 Å². The molecule has 0 spiro atoms. The summed E-state index contributed by atoms with van der Waals surface area (Å²) in [7, 11) is 0. The predicted molar refractivity (Wildman–Crippen MR) is 81.8 cm³/mol. The molecule has 0 fully saturated rings.